The van der Waals surface area contributed by atoms with Crippen LogP contribution in [0.4, 0.5) is 15.3 Å². The number of nitrogens with one attached hydrogen (secondary N) is 2. The van der Waals surface area contributed by atoms with Gasteiger partial charge in [0.2, 0.25) is 5.96 Å². The van der Waals surface area contributed by atoms with Crippen molar-refractivity contribution in [2.24, 2.45) is 10.4 Å². The molecule has 4 aromatic rings. The van der Waals surface area contributed by atoms with Crippen molar-refractivity contribution < 1.29 is 33.4 Å². The van der Waals surface area contributed by atoms with E-state index in [0.717, 1.165) is 5.56 Å². The van der Waals surface area contributed by atoms with Crippen LogP contribution in [-0.4, -0.2) is 57.2 Å². The number of carbonyl (C=O) groups excluding carboxylic acids is 4. The first-order valence-corrected chi connectivity index (χ1v) is 19.4. The summed E-state index contributed by atoms with van der Waals surface area (Å²) in [7, 11) is 0. The van der Waals surface area contributed by atoms with Gasteiger partial charge < -0.3 is 24.4 Å². The highest BCUT2D eigenvalue weighted by atomic mass is 32.1. The van der Waals surface area contributed by atoms with E-state index in [1.54, 1.807) is 95.3 Å². The van der Waals surface area contributed by atoms with Gasteiger partial charge in [-0.2, -0.15) is 0 Å². The van der Waals surface area contributed by atoms with E-state index in [1.807, 2.05) is 4.90 Å². The highest BCUT2D eigenvalue weighted by Gasteiger charge is 2.32. The maximum absolute atomic E-state index is 14.1. The first kappa shape index (κ1) is 43.4. The van der Waals surface area contributed by atoms with Crippen LogP contribution in [-0.2, 0) is 21.4 Å². The number of hydrogen-bond acceptors (Lipinski definition) is 9. The van der Waals surface area contributed by atoms with Crippen LogP contribution in [0.15, 0.2) is 71.0 Å². The Morgan fingerprint density at radius 3 is 2.04 bits per heavy atom. The number of fused-ring (bicyclic) bond motifs is 1. The normalized spacial score (nSPS) is 13.1. The summed E-state index contributed by atoms with van der Waals surface area (Å²) in [4.78, 5) is 63.8. The average Bonchev–Trinajstić information content (AvgIpc) is 3.54. The largest absolute Gasteiger partial charge is 0.444 e. The Morgan fingerprint density at radius 1 is 0.821 bits per heavy atom. The highest BCUT2D eigenvalue weighted by molar-refractivity contribution is 7.10. The van der Waals surface area contributed by atoms with Gasteiger partial charge in [-0.1, -0.05) is 47.6 Å². The van der Waals surface area contributed by atoms with E-state index in [1.165, 1.54) is 17.0 Å². The fourth-order valence-electron chi connectivity index (χ4n) is 5.19. The van der Waals surface area contributed by atoms with E-state index in [0.29, 0.717) is 34.6 Å². The molecule has 12 nitrogen and oxygen atoms in total. The molecule has 3 amide bonds. The first-order chi connectivity index (χ1) is 25.8. The second-order valence-corrected chi connectivity index (χ2v) is 18.7. The second-order valence-electron chi connectivity index (χ2n) is 17.8. The minimum atomic E-state index is -0.925. The number of anilines is 1. The van der Waals surface area contributed by atoms with Crippen molar-refractivity contribution in [3.05, 3.63) is 87.7 Å². The number of alkyl carbamates (subject to hydrolysis) is 1. The van der Waals surface area contributed by atoms with Gasteiger partial charge in [-0.3, -0.25) is 10.1 Å². The highest BCUT2D eigenvalue weighted by Crippen LogP contribution is 2.32. The molecule has 2 aromatic heterocycles. The molecule has 56 heavy (non-hydrogen) atoms. The molecule has 0 fully saturated rings. The summed E-state index contributed by atoms with van der Waals surface area (Å²) < 4.78 is 16.2. The zero-order valence-electron chi connectivity index (χ0n) is 34.7. The fraction of sp³-hybridized carbons (Fsp3) is 0.442. The summed E-state index contributed by atoms with van der Waals surface area (Å²) >= 11 is 1.71. The minimum absolute atomic E-state index is 0.0257. The van der Waals surface area contributed by atoms with E-state index in [4.69, 9.17) is 19.2 Å². The van der Waals surface area contributed by atoms with Gasteiger partial charge in [0.05, 0.1) is 11.1 Å². The number of nitrogens with zero attached hydrogens (tertiary/aromatic N) is 3. The molecule has 0 bridgehead atoms. The Hall–Kier alpha value is -5.30. The molecule has 300 valence electrons. The van der Waals surface area contributed by atoms with Gasteiger partial charge in [0, 0.05) is 28.5 Å². The Balaban J connectivity index is 1.48. The van der Waals surface area contributed by atoms with Crippen molar-refractivity contribution >= 4 is 57.9 Å². The van der Waals surface area contributed by atoms with Crippen LogP contribution < -0.4 is 15.4 Å². The fourth-order valence-corrected chi connectivity index (χ4v) is 6.18. The van der Waals surface area contributed by atoms with Gasteiger partial charge in [0.25, 0.3) is 5.91 Å². The number of benzene rings is 2. The number of esters is 1. The monoisotopic (exact) mass is 785 g/mol. The number of aliphatic imine (C=N–C) groups is 1. The predicted molar refractivity (Wildman–Crippen MR) is 222 cm³/mol. The van der Waals surface area contributed by atoms with Crippen molar-refractivity contribution in [3.63, 3.8) is 0 Å². The number of hydrogen-bond donors (Lipinski definition) is 2. The number of ether oxygens (including phenoxy) is 3. The number of rotatable bonds is 7. The molecule has 2 N–H and O–H groups in total. The van der Waals surface area contributed by atoms with Gasteiger partial charge in [-0.15, -0.1) is 16.3 Å². The van der Waals surface area contributed by atoms with Crippen molar-refractivity contribution in [1.29, 1.82) is 0 Å². The van der Waals surface area contributed by atoms with Crippen LogP contribution in [0.2, 0.25) is 0 Å². The van der Waals surface area contributed by atoms with Crippen LogP contribution in [0.25, 0.3) is 10.9 Å². The molecule has 0 saturated carbocycles. The Labute approximate surface area is 334 Å². The van der Waals surface area contributed by atoms with Gasteiger partial charge in [0.1, 0.15) is 22.6 Å². The van der Waals surface area contributed by atoms with Crippen molar-refractivity contribution in [2.45, 2.75) is 119 Å². The molecule has 0 unspecified atom stereocenters. The number of aromatic nitrogens is 1. The molecular weight excluding hydrogens is 731 g/mol. The van der Waals surface area contributed by atoms with E-state index in [2.05, 4.69) is 75.5 Å². The summed E-state index contributed by atoms with van der Waals surface area (Å²) in [6.45, 7) is 25.7. The predicted octanol–water partition coefficient (Wildman–Crippen LogP) is 10.1. The molecule has 0 aliphatic carbocycles. The zero-order chi connectivity index (χ0) is 41.8. The first-order valence-electron chi connectivity index (χ1n) is 18.5. The Kier molecular flexibility index (Phi) is 13.0. The van der Waals surface area contributed by atoms with Crippen molar-refractivity contribution in [1.82, 2.24) is 15.2 Å². The topological polar surface area (TPSA) is 149 Å². The molecular formula is C43H55N5O7S. The molecule has 4 rings (SSSR count). The summed E-state index contributed by atoms with van der Waals surface area (Å²) in [5.74, 6) is -0.698. The molecule has 0 spiro atoms. The Bertz CT molecular complexity index is 2100. The Morgan fingerprint density at radius 2 is 1.46 bits per heavy atom. The van der Waals surface area contributed by atoms with Gasteiger partial charge in [-0.05, 0) is 125 Å². The van der Waals surface area contributed by atoms with Gasteiger partial charge in [-0.25, -0.2) is 19.4 Å². The smallest absolute Gasteiger partial charge is 0.437 e. The molecule has 0 saturated heterocycles. The summed E-state index contributed by atoms with van der Waals surface area (Å²) in [6.07, 6.45) is -1.76. The average molecular weight is 786 g/mol. The lowest BCUT2D eigenvalue weighted by atomic mass is 9.86. The molecule has 1 atom stereocenters. The molecule has 2 aromatic carbocycles. The number of amides is 3. The molecule has 2 heterocycles. The van der Waals surface area contributed by atoms with Crippen molar-refractivity contribution in [3.8, 4) is 5.75 Å². The quantitative estimate of drug-likeness (QED) is 0.0808. The second kappa shape index (κ2) is 16.8. The molecule has 0 radical (unpaired) electrons. The zero-order valence-corrected chi connectivity index (χ0v) is 35.6. The lowest BCUT2D eigenvalue weighted by Gasteiger charge is -2.37. The van der Waals surface area contributed by atoms with Crippen LogP contribution in [0.5, 0.6) is 5.75 Å². The molecule has 0 aliphatic rings. The maximum atomic E-state index is 14.1. The summed E-state index contributed by atoms with van der Waals surface area (Å²) in [5.41, 5.74) is 0.923. The maximum Gasteiger partial charge on any atom is 0.437 e. The third-order valence-electron chi connectivity index (χ3n) is 8.42. The number of guanidine groups is 1. The van der Waals surface area contributed by atoms with Crippen LogP contribution in [0.1, 0.15) is 121 Å². The number of carbonyl (C=O) groups is 4. The van der Waals surface area contributed by atoms with E-state index in [9.17, 15) is 19.2 Å². The SMILES string of the molecule is C[C@@H](N(Cc1csc(C(C)(C)C)c1)C(=O)c1ccc2cc(OC(=O)c3ccc(N/C(=N\C(=O)OC(C)(C)C)NC(=O)OC(C)(C)C)cc3)ccc2n1)C(C)(C)C. The standard InChI is InChI=1S/C43H55N5O7S/c1-26(40(2,3)4)48(24-27-22-34(56-25-27)41(5,6)7)35(49)33-20-16-29-23-31(19-21-32(29)45-33)53-36(50)28-14-17-30(18-15-28)44-37(46-38(51)54-42(8,9)10)47-39(52)55-43(11,12)13/h14-23,25-26H,24H2,1-13H3,(H2,44,46,47,51,52)/t26-/m1/s1. The van der Waals surface area contributed by atoms with Gasteiger partial charge in [0.15, 0.2) is 0 Å². The lowest BCUT2D eigenvalue weighted by Crippen LogP contribution is -2.45. The lowest BCUT2D eigenvalue weighted by molar-refractivity contribution is 0.0522. The third-order valence-corrected chi connectivity index (χ3v) is 9.82. The van der Waals surface area contributed by atoms with E-state index in [-0.39, 0.29) is 34.3 Å². The number of pyridine rings is 1. The third kappa shape index (κ3) is 12.6. The molecule has 0 aliphatic heterocycles. The molecule has 13 heteroatoms. The summed E-state index contributed by atoms with van der Waals surface area (Å²) in [6, 6.07) is 16.8. The summed E-state index contributed by atoms with van der Waals surface area (Å²) in [5, 5.41) is 8.10. The van der Waals surface area contributed by atoms with Crippen molar-refractivity contribution in [2.75, 3.05) is 5.32 Å². The van der Waals surface area contributed by atoms with Crippen LogP contribution in [0.3, 0.4) is 0 Å². The van der Waals surface area contributed by atoms with Gasteiger partial charge >= 0.3 is 18.2 Å². The van der Waals surface area contributed by atoms with E-state index >= 15 is 0 Å². The van der Waals surface area contributed by atoms with Crippen LogP contribution >= 0.6 is 11.3 Å². The van der Waals surface area contributed by atoms with Crippen LogP contribution in [0, 0.1) is 5.41 Å². The number of thiophene rings is 1. The van der Waals surface area contributed by atoms with E-state index < -0.39 is 29.4 Å². The minimum Gasteiger partial charge on any atom is -0.444 e.